The Kier molecular flexibility index (Phi) is 3.82. The fourth-order valence-electron chi connectivity index (χ4n) is 2.23. The van der Waals surface area contributed by atoms with Crippen molar-refractivity contribution in [3.63, 3.8) is 0 Å². The van der Waals surface area contributed by atoms with Crippen molar-refractivity contribution in [2.45, 2.75) is 13.0 Å². The molecular formula is C14H21N3. The van der Waals surface area contributed by atoms with E-state index in [1.54, 1.807) is 0 Å². The lowest BCUT2D eigenvalue weighted by atomic mass is 10.0. The van der Waals surface area contributed by atoms with Crippen LogP contribution >= 0.6 is 0 Å². The van der Waals surface area contributed by atoms with Crippen LogP contribution in [0.1, 0.15) is 18.5 Å². The van der Waals surface area contributed by atoms with E-state index in [-0.39, 0.29) is 0 Å². The Morgan fingerprint density at radius 3 is 2.82 bits per heavy atom. The van der Waals surface area contributed by atoms with Crippen molar-refractivity contribution in [1.29, 1.82) is 0 Å². The van der Waals surface area contributed by atoms with Crippen LogP contribution in [0.3, 0.4) is 0 Å². The average molecular weight is 231 g/mol. The second kappa shape index (κ2) is 5.34. The van der Waals surface area contributed by atoms with Crippen molar-refractivity contribution >= 4 is 10.9 Å². The second-order valence-corrected chi connectivity index (χ2v) is 4.49. The number of fused-ring (bicyclic) bond motifs is 1. The third-order valence-electron chi connectivity index (χ3n) is 3.25. The first kappa shape index (κ1) is 12.1. The molecule has 2 rings (SSSR count). The van der Waals surface area contributed by atoms with Crippen LogP contribution in [-0.4, -0.2) is 24.7 Å². The van der Waals surface area contributed by atoms with Gasteiger partial charge in [0, 0.05) is 43.3 Å². The molecule has 0 fully saturated rings. The molecule has 0 saturated carbocycles. The van der Waals surface area contributed by atoms with Gasteiger partial charge in [-0.15, -0.1) is 0 Å². The number of hydrogen-bond acceptors (Lipinski definition) is 2. The molecular weight excluding hydrogens is 210 g/mol. The van der Waals surface area contributed by atoms with Crippen molar-refractivity contribution in [1.82, 2.24) is 15.2 Å². The summed E-state index contributed by atoms with van der Waals surface area (Å²) in [7, 11) is 4.06. The molecule has 1 aromatic heterocycles. The largest absolute Gasteiger partial charge is 0.351 e. The van der Waals surface area contributed by atoms with E-state index in [1.807, 2.05) is 7.05 Å². The number of nitrogens with one attached hydrogen (secondary N) is 2. The van der Waals surface area contributed by atoms with Crippen LogP contribution in [0.15, 0.2) is 30.5 Å². The molecule has 2 N–H and O–H groups in total. The van der Waals surface area contributed by atoms with Gasteiger partial charge in [-0.2, -0.15) is 0 Å². The Labute approximate surface area is 103 Å². The summed E-state index contributed by atoms with van der Waals surface area (Å²) < 4.78 is 2.17. The average Bonchev–Trinajstić information content (AvgIpc) is 2.71. The van der Waals surface area contributed by atoms with E-state index in [4.69, 9.17) is 0 Å². The maximum Gasteiger partial charge on any atom is 0.0481 e. The summed E-state index contributed by atoms with van der Waals surface area (Å²) in [5, 5.41) is 8.03. The van der Waals surface area contributed by atoms with Crippen LogP contribution in [0.25, 0.3) is 10.9 Å². The molecule has 0 saturated heterocycles. The first-order valence-corrected chi connectivity index (χ1v) is 6.16. The van der Waals surface area contributed by atoms with E-state index < -0.39 is 0 Å². The monoisotopic (exact) mass is 231 g/mol. The number of rotatable bonds is 5. The van der Waals surface area contributed by atoms with Gasteiger partial charge in [-0.25, -0.2) is 0 Å². The smallest absolute Gasteiger partial charge is 0.0481 e. The van der Waals surface area contributed by atoms with Crippen molar-refractivity contribution in [2.24, 2.45) is 7.05 Å². The molecule has 0 aliphatic carbocycles. The molecule has 0 aliphatic rings. The summed E-state index contributed by atoms with van der Waals surface area (Å²) in [6.45, 7) is 4.20. The highest BCUT2D eigenvalue weighted by Gasteiger charge is 2.09. The number of likely N-dealkylation sites (N-methyl/N-ethyl adjacent to an activating group) is 1. The van der Waals surface area contributed by atoms with Crippen molar-refractivity contribution in [3.05, 3.63) is 36.0 Å². The minimum absolute atomic E-state index is 0.384. The summed E-state index contributed by atoms with van der Waals surface area (Å²) in [5.41, 5.74) is 2.67. The van der Waals surface area contributed by atoms with Gasteiger partial charge in [0.05, 0.1) is 0 Å². The normalized spacial score (nSPS) is 13.1. The summed E-state index contributed by atoms with van der Waals surface area (Å²) in [6.07, 6.45) is 2.12. The van der Waals surface area contributed by atoms with Gasteiger partial charge in [0.15, 0.2) is 0 Å². The molecule has 0 amide bonds. The van der Waals surface area contributed by atoms with Gasteiger partial charge < -0.3 is 15.2 Å². The Balaban J connectivity index is 2.22. The predicted molar refractivity (Wildman–Crippen MR) is 73.3 cm³/mol. The number of nitrogens with zero attached hydrogens (tertiary/aromatic N) is 1. The lowest BCUT2D eigenvalue weighted by molar-refractivity contribution is 0.565. The maximum absolute atomic E-state index is 3.53. The van der Waals surface area contributed by atoms with E-state index >= 15 is 0 Å². The van der Waals surface area contributed by atoms with Gasteiger partial charge in [0.1, 0.15) is 0 Å². The fraction of sp³-hybridized carbons (Fsp3) is 0.429. The summed E-state index contributed by atoms with van der Waals surface area (Å²) >= 11 is 0. The van der Waals surface area contributed by atoms with Gasteiger partial charge in [-0.05, 0) is 31.7 Å². The van der Waals surface area contributed by atoms with E-state index in [1.165, 1.54) is 16.5 Å². The molecule has 1 aromatic carbocycles. The van der Waals surface area contributed by atoms with Gasteiger partial charge in [-0.3, -0.25) is 0 Å². The Morgan fingerprint density at radius 2 is 2.06 bits per heavy atom. The molecule has 2 aromatic rings. The zero-order valence-electron chi connectivity index (χ0n) is 10.8. The second-order valence-electron chi connectivity index (χ2n) is 4.49. The summed E-state index contributed by atoms with van der Waals surface area (Å²) in [4.78, 5) is 0. The van der Waals surface area contributed by atoms with Crippen LogP contribution in [0, 0.1) is 0 Å². The minimum Gasteiger partial charge on any atom is -0.351 e. The van der Waals surface area contributed by atoms with Crippen LogP contribution in [0.4, 0.5) is 0 Å². The van der Waals surface area contributed by atoms with Crippen molar-refractivity contribution in [3.8, 4) is 0 Å². The predicted octanol–water partition coefficient (Wildman–Crippen LogP) is 2.05. The van der Waals surface area contributed by atoms with Crippen LogP contribution in [0.5, 0.6) is 0 Å². The van der Waals surface area contributed by atoms with Gasteiger partial charge >= 0.3 is 0 Å². The third-order valence-corrected chi connectivity index (χ3v) is 3.25. The molecule has 1 atom stereocenters. The highest BCUT2D eigenvalue weighted by Crippen LogP contribution is 2.24. The third kappa shape index (κ3) is 2.51. The first-order valence-electron chi connectivity index (χ1n) is 6.16. The van der Waals surface area contributed by atoms with Crippen LogP contribution in [0.2, 0.25) is 0 Å². The molecule has 92 valence electrons. The van der Waals surface area contributed by atoms with Crippen molar-refractivity contribution in [2.75, 3.05) is 20.1 Å². The Hall–Kier alpha value is -1.32. The van der Waals surface area contributed by atoms with Gasteiger partial charge in [0.25, 0.3) is 0 Å². The van der Waals surface area contributed by atoms with E-state index in [2.05, 4.69) is 59.6 Å². The molecule has 0 bridgehead atoms. The van der Waals surface area contributed by atoms with Crippen LogP contribution < -0.4 is 10.6 Å². The highest BCUT2D eigenvalue weighted by molar-refractivity contribution is 5.84. The molecule has 0 spiro atoms. The highest BCUT2D eigenvalue weighted by atomic mass is 15.0. The lowest BCUT2D eigenvalue weighted by Crippen LogP contribution is -2.27. The number of hydrogen-bond donors (Lipinski definition) is 2. The quantitative estimate of drug-likeness (QED) is 0.771. The SMILES string of the molecule is CNCCNC(C)c1cccc2c1ccn2C. The molecule has 3 nitrogen and oxygen atoms in total. The van der Waals surface area contributed by atoms with Crippen LogP contribution in [-0.2, 0) is 7.05 Å². The molecule has 0 radical (unpaired) electrons. The number of benzene rings is 1. The zero-order chi connectivity index (χ0) is 12.3. The number of aromatic nitrogens is 1. The molecule has 0 aliphatic heterocycles. The Bertz CT molecular complexity index is 487. The molecule has 17 heavy (non-hydrogen) atoms. The first-order chi connectivity index (χ1) is 8.24. The lowest BCUT2D eigenvalue weighted by Gasteiger charge is -2.15. The number of aryl methyl sites for hydroxylation is 1. The Morgan fingerprint density at radius 1 is 1.24 bits per heavy atom. The standard InChI is InChI=1S/C14H21N3/c1-11(16-9-8-15-2)12-5-4-6-14-13(12)7-10-17(14)3/h4-7,10-11,15-16H,8-9H2,1-3H3. The minimum atomic E-state index is 0.384. The summed E-state index contributed by atoms with van der Waals surface area (Å²) in [5.74, 6) is 0. The molecule has 1 heterocycles. The molecule has 1 unspecified atom stereocenters. The van der Waals surface area contributed by atoms with E-state index in [0.717, 1.165) is 13.1 Å². The zero-order valence-corrected chi connectivity index (χ0v) is 10.8. The topological polar surface area (TPSA) is 29.0 Å². The fourth-order valence-corrected chi connectivity index (χ4v) is 2.23. The van der Waals surface area contributed by atoms with E-state index in [9.17, 15) is 0 Å². The van der Waals surface area contributed by atoms with Gasteiger partial charge in [0.2, 0.25) is 0 Å². The van der Waals surface area contributed by atoms with Crippen molar-refractivity contribution < 1.29 is 0 Å². The summed E-state index contributed by atoms with van der Waals surface area (Å²) in [6, 6.07) is 9.09. The molecule has 3 heteroatoms. The van der Waals surface area contributed by atoms with Gasteiger partial charge in [-0.1, -0.05) is 12.1 Å². The maximum atomic E-state index is 3.53. The van der Waals surface area contributed by atoms with E-state index in [0.29, 0.717) is 6.04 Å².